The summed E-state index contributed by atoms with van der Waals surface area (Å²) < 4.78 is 5.62. The van der Waals surface area contributed by atoms with E-state index in [1.165, 1.54) is 43.9 Å². The Bertz CT molecular complexity index is 625. The normalized spacial score (nSPS) is 25.2. The molecule has 1 aromatic carbocycles. The Morgan fingerprint density at radius 2 is 1.83 bits per heavy atom. The van der Waals surface area contributed by atoms with Crippen LogP contribution in [0.5, 0.6) is 0 Å². The van der Waals surface area contributed by atoms with Crippen LogP contribution in [0.2, 0.25) is 0 Å². The molecule has 0 aromatic heterocycles. The first-order valence-electron chi connectivity index (χ1n) is 8.61. The van der Waals surface area contributed by atoms with Gasteiger partial charge < -0.3 is 4.74 Å². The van der Waals surface area contributed by atoms with Crippen LogP contribution in [-0.4, -0.2) is 28.4 Å². The number of hydrogen-bond donors (Lipinski definition) is 0. The molecule has 0 amide bonds. The second-order valence-corrected chi connectivity index (χ2v) is 7.83. The number of carbonyl (C=O) groups is 2. The molecule has 1 fully saturated rings. The molecule has 124 valence electrons. The third kappa shape index (κ3) is 3.11. The van der Waals surface area contributed by atoms with Gasteiger partial charge in [-0.2, -0.15) is 0 Å². The minimum Gasteiger partial charge on any atom is -0.337 e. The van der Waals surface area contributed by atoms with Crippen LogP contribution in [0.15, 0.2) is 18.2 Å². The van der Waals surface area contributed by atoms with Gasteiger partial charge >= 0.3 is 0 Å². The van der Waals surface area contributed by atoms with Gasteiger partial charge in [0.1, 0.15) is 0 Å². The van der Waals surface area contributed by atoms with Gasteiger partial charge in [0, 0.05) is 11.1 Å². The highest BCUT2D eigenvalue weighted by Gasteiger charge is 2.69. The van der Waals surface area contributed by atoms with Crippen molar-refractivity contribution in [3.8, 4) is 0 Å². The zero-order valence-electron chi connectivity index (χ0n) is 13.9. The molecule has 1 aromatic rings. The van der Waals surface area contributed by atoms with Crippen molar-refractivity contribution in [1.82, 2.24) is 0 Å². The number of benzene rings is 1. The Balaban J connectivity index is 1.59. The van der Waals surface area contributed by atoms with Gasteiger partial charge in [-0.25, -0.2) is 0 Å². The Labute approximate surface area is 142 Å². The number of Topliss-reactive ketones (excluding diaryl/α,β-unsaturated/α-hetero) is 2. The van der Waals surface area contributed by atoms with Crippen molar-refractivity contribution in [2.45, 2.75) is 63.4 Å². The van der Waals surface area contributed by atoms with E-state index in [1.54, 1.807) is 12.1 Å². The van der Waals surface area contributed by atoms with Gasteiger partial charge in [-0.3, -0.25) is 9.59 Å². The first kappa shape index (κ1) is 16.7. The highest BCUT2D eigenvalue weighted by Crippen LogP contribution is 2.53. The summed E-state index contributed by atoms with van der Waals surface area (Å²) in [6.45, 7) is 4.14. The largest absolute Gasteiger partial charge is 0.337 e. The lowest BCUT2D eigenvalue weighted by molar-refractivity contribution is 0.0911. The molecule has 4 heteroatoms. The molecular weight excluding hydrogens is 308 g/mol. The summed E-state index contributed by atoms with van der Waals surface area (Å²) >= 11 is 1.52. The van der Waals surface area contributed by atoms with E-state index in [9.17, 15) is 9.59 Å². The van der Waals surface area contributed by atoms with Gasteiger partial charge in [-0.15, -0.1) is 11.8 Å². The third-order valence-electron chi connectivity index (χ3n) is 4.64. The number of aryl methyl sites for hydroxylation is 1. The van der Waals surface area contributed by atoms with Crippen LogP contribution >= 0.6 is 11.8 Å². The molecule has 23 heavy (non-hydrogen) atoms. The molecule has 3 rings (SSSR count). The van der Waals surface area contributed by atoms with Crippen LogP contribution < -0.4 is 0 Å². The SMILES string of the molecule is CCCCCCCCSC12OC1C(=O)c1cc(C)ccc1C2=O. The maximum absolute atomic E-state index is 12.7. The topological polar surface area (TPSA) is 46.7 Å². The lowest BCUT2D eigenvalue weighted by atomic mass is 9.88. The molecule has 1 heterocycles. The quantitative estimate of drug-likeness (QED) is 0.517. The van der Waals surface area contributed by atoms with Crippen LogP contribution in [0, 0.1) is 6.92 Å². The Kier molecular flexibility index (Phi) is 4.93. The first-order chi connectivity index (χ1) is 11.1. The zero-order chi connectivity index (χ0) is 16.4. The molecule has 0 saturated carbocycles. The molecule has 2 atom stereocenters. The average Bonchev–Trinajstić information content (AvgIpc) is 3.28. The van der Waals surface area contributed by atoms with Crippen molar-refractivity contribution >= 4 is 23.3 Å². The van der Waals surface area contributed by atoms with Crippen molar-refractivity contribution in [3.63, 3.8) is 0 Å². The molecule has 0 radical (unpaired) electrons. The molecule has 1 aliphatic heterocycles. The van der Waals surface area contributed by atoms with Gasteiger partial charge in [0.2, 0.25) is 10.7 Å². The molecule has 0 spiro atoms. The summed E-state index contributed by atoms with van der Waals surface area (Å²) in [7, 11) is 0. The highest BCUT2D eigenvalue weighted by atomic mass is 32.2. The minimum atomic E-state index is -0.914. The average molecular weight is 332 g/mol. The highest BCUT2D eigenvalue weighted by molar-refractivity contribution is 8.01. The smallest absolute Gasteiger partial charge is 0.211 e. The number of rotatable bonds is 8. The summed E-state index contributed by atoms with van der Waals surface area (Å²) in [5.41, 5.74) is 2.07. The molecule has 2 aliphatic rings. The van der Waals surface area contributed by atoms with E-state index >= 15 is 0 Å². The van der Waals surface area contributed by atoms with Gasteiger partial charge in [-0.05, 0) is 25.2 Å². The van der Waals surface area contributed by atoms with E-state index in [-0.39, 0.29) is 11.6 Å². The van der Waals surface area contributed by atoms with Crippen LogP contribution in [0.1, 0.15) is 71.7 Å². The van der Waals surface area contributed by atoms with E-state index in [0.717, 1.165) is 17.7 Å². The molecule has 1 saturated heterocycles. The standard InChI is InChI=1S/C19H24O3S/c1-3-4-5-6-7-8-11-23-19-17(21)14-10-9-13(2)12-15(14)16(20)18(19)22-19/h9-10,12,18H,3-8,11H2,1-2H3. The van der Waals surface area contributed by atoms with E-state index in [1.807, 2.05) is 13.0 Å². The number of epoxide rings is 1. The Hall–Kier alpha value is -1.13. The van der Waals surface area contributed by atoms with Gasteiger partial charge in [-0.1, -0.05) is 56.7 Å². The fourth-order valence-corrected chi connectivity index (χ4v) is 4.53. The predicted octanol–water partition coefficient (Wildman–Crippen LogP) is 4.56. The number of ketones is 2. The summed E-state index contributed by atoms with van der Waals surface area (Å²) in [5, 5.41) is 0. The van der Waals surface area contributed by atoms with Crippen molar-refractivity contribution < 1.29 is 14.3 Å². The zero-order valence-corrected chi connectivity index (χ0v) is 14.7. The second kappa shape index (κ2) is 6.78. The number of fused-ring (bicyclic) bond motifs is 2. The van der Waals surface area contributed by atoms with Crippen molar-refractivity contribution in [3.05, 3.63) is 34.9 Å². The van der Waals surface area contributed by atoms with Gasteiger partial charge in [0.15, 0.2) is 11.9 Å². The number of ether oxygens (including phenoxy) is 1. The number of hydrogen-bond acceptors (Lipinski definition) is 4. The molecule has 0 N–H and O–H groups in total. The molecule has 2 unspecified atom stereocenters. The second-order valence-electron chi connectivity index (χ2n) is 6.52. The van der Waals surface area contributed by atoms with Crippen molar-refractivity contribution in [2.24, 2.45) is 0 Å². The molecule has 0 bridgehead atoms. The third-order valence-corrected chi connectivity index (χ3v) is 6.05. The number of unbranched alkanes of at least 4 members (excludes halogenated alkanes) is 5. The maximum Gasteiger partial charge on any atom is 0.211 e. The van der Waals surface area contributed by atoms with E-state index in [0.29, 0.717) is 11.1 Å². The number of carbonyl (C=O) groups excluding carboxylic acids is 2. The van der Waals surface area contributed by atoms with E-state index in [2.05, 4.69) is 6.92 Å². The van der Waals surface area contributed by atoms with Crippen LogP contribution in [0.4, 0.5) is 0 Å². The number of thioether (sulfide) groups is 1. The minimum absolute atomic E-state index is 0.0203. The van der Waals surface area contributed by atoms with Crippen LogP contribution in [0.25, 0.3) is 0 Å². The lowest BCUT2D eigenvalue weighted by Crippen LogP contribution is -2.34. The van der Waals surface area contributed by atoms with Crippen molar-refractivity contribution in [1.29, 1.82) is 0 Å². The lowest BCUT2D eigenvalue weighted by Gasteiger charge is -2.18. The Morgan fingerprint density at radius 3 is 2.61 bits per heavy atom. The fourth-order valence-electron chi connectivity index (χ4n) is 3.21. The van der Waals surface area contributed by atoms with Crippen LogP contribution in [-0.2, 0) is 4.74 Å². The summed E-state index contributed by atoms with van der Waals surface area (Å²) in [6, 6.07) is 5.47. The molecular formula is C19H24O3S. The monoisotopic (exact) mass is 332 g/mol. The summed E-state index contributed by atoms with van der Waals surface area (Å²) in [5.74, 6) is 0.829. The van der Waals surface area contributed by atoms with E-state index in [4.69, 9.17) is 4.74 Å². The first-order valence-corrected chi connectivity index (χ1v) is 9.60. The van der Waals surface area contributed by atoms with Crippen LogP contribution in [0.3, 0.4) is 0 Å². The maximum atomic E-state index is 12.7. The Morgan fingerprint density at radius 1 is 1.09 bits per heavy atom. The summed E-state index contributed by atoms with van der Waals surface area (Å²) in [6.07, 6.45) is 6.79. The van der Waals surface area contributed by atoms with Crippen molar-refractivity contribution in [2.75, 3.05) is 5.75 Å². The molecule has 1 aliphatic carbocycles. The van der Waals surface area contributed by atoms with Gasteiger partial charge in [0.25, 0.3) is 0 Å². The van der Waals surface area contributed by atoms with E-state index < -0.39 is 11.0 Å². The van der Waals surface area contributed by atoms with Gasteiger partial charge in [0.05, 0.1) is 0 Å². The molecule has 3 nitrogen and oxygen atoms in total. The predicted molar refractivity (Wildman–Crippen MR) is 93.3 cm³/mol. The summed E-state index contributed by atoms with van der Waals surface area (Å²) in [4.78, 5) is 24.3. The fraction of sp³-hybridized carbons (Fsp3) is 0.579.